The summed E-state index contributed by atoms with van der Waals surface area (Å²) in [7, 11) is 1.49. The van der Waals surface area contributed by atoms with Gasteiger partial charge in [-0.25, -0.2) is 0 Å². The molecule has 68 valence electrons. The minimum absolute atomic E-state index is 0.147. The first-order valence-corrected chi connectivity index (χ1v) is 3.71. The summed E-state index contributed by atoms with van der Waals surface area (Å²) in [6.45, 7) is 1.38. The SMILES string of the molecule is COc1ccc(N=O)c(C(C)=O)c1. The van der Waals surface area contributed by atoms with Crippen molar-refractivity contribution < 1.29 is 9.53 Å². The third-order valence-electron chi connectivity index (χ3n) is 1.68. The van der Waals surface area contributed by atoms with Crippen molar-refractivity contribution in [3.05, 3.63) is 28.7 Å². The van der Waals surface area contributed by atoms with Crippen LogP contribution in [0.5, 0.6) is 5.75 Å². The Morgan fingerprint density at radius 2 is 2.15 bits per heavy atom. The first kappa shape index (κ1) is 9.38. The molecule has 1 aromatic carbocycles. The topological polar surface area (TPSA) is 55.7 Å². The molecule has 13 heavy (non-hydrogen) atoms. The van der Waals surface area contributed by atoms with Crippen LogP contribution in [0.25, 0.3) is 0 Å². The van der Waals surface area contributed by atoms with Crippen molar-refractivity contribution in [2.75, 3.05) is 7.11 Å². The Kier molecular flexibility index (Phi) is 2.74. The summed E-state index contributed by atoms with van der Waals surface area (Å²) in [5, 5.41) is 2.74. The molecule has 4 heteroatoms. The van der Waals surface area contributed by atoms with E-state index in [2.05, 4.69) is 5.18 Å². The van der Waals surface area contributed by atoms with Crippen LogP contribution in [0.3, 0.4) is 0 Å². The van der Waals surface area contributed by atoms with Crippen molar-refractivity contribution in [2.24, 2.45) is 5.18 Å². The average Bonchev–Trinajstić information content (AvgIpc) is 2.16. The summed E-state index contributed by atoms with van der Waals surface area (Å²) in [4.78, 5) is 21.3. The molecule has 0 heterocycles. The Labute approximate surface area is 75.5 Å². The van der Waals surface area contributed by atoms with Crippen LogP contribution >= 0.6 is 0 Å². The van der Waals surface area contributed by atoms with E-state index in [-0.39, 0.29) is 17.0 Å². The Hall–Kier alpha value is -1.71. The van der Waals surface area contributed by atoms with Crippen molar-refractivity contribution in [1.82, 2.24) is 0 Å². The van der Waals surface area contributed by atoms with E-state index in [0.29, 0.717) is 5.75 Å². The summed E-state index contributed by atoms with van der Waals surface area (Å²) in [6.07, 6.45) is 0. The maximum absolute atomic E-state index is 11.0. The Morgan fingerprint density at radius 3 is 2.62 bits per heavy atom. The van der Waals surface area contributed by atoms with Gasteiger partial charge in [0.1, 0.15) is 11.4 Å². The van der Waals surface area contributed by atoms with Gasteiger partial charge in [0.15, 0.2) is 5.78 Å². The van der Waals surface area contributed by atoms with E-state index in [1.54, 1.807) is 6.07 Å². The summed E-state index contributed by atoms with van der Waals surface area (Å²) < 4.78 is 4.91. The van der Waals surface area contributed by atoms with Gasteiger partial charge < -0.3 is 4.74 Å². The average molecular weight is 179 g/mol. The zero-order valence-electron chi connectivity index (χ0n) is 7.40. The first-order valence-electron chi connectivity index (χ1n) is 3.71. The van der Waals surface area contributed by atoms with Crippen LogP contribution in [0.4, 0.5) is 5.69 Å². The summed E-state index contributed by atoms with van der Waals surface area (Å²) in [6, 6.07) is 4.55. The number of benzene rings is 1. The van der Waals surface area contributed by atoms with Crippen molar-refractivity contribution in [2.45, 2.75) is 6.92 Å². The second-order valence-electron chi connectivity index (χ2n) is 2.53. The standard InChI is InChI=1S/C9H9NO3/c1-6(11)8-5-7(13-2)3-4-9(8)10-12/h3-5H,1-2H3. The number of carbonyl (C=O) groups excluding carboxylic acids is 1. The zero-order chi connectivity index (χ0) is 9.84. The second-order valence-corrected chi connectivity index (χ2v) is 2.53. The third-order valence-corrected chi connectivity index (χ3v) is 1.68. The molecule has 0 fully saturated rings. The minimum atomic E-state index is -0.200. The molecule has 4 nitrogen and oxygen atoms in total. The van der Waals surface area contributed by atoms with Gasteiger partial charge in [0, 0.05) is 0 Å². The van der Waals surface area contributed by atoms with Crippen LogP contribution < -0.4 is 4.74 Å². The number of hydrogen-bond donors (Lipinski definition) is 0. The fourth-order valence-electron chi connectivity index (χ4n) is 1.00. The number of carbonyl (C=O) groups is 1. The van der Waals surface area contributed by atoms with Gasteiger partial charge in [0.25, 0.3) is 0 Å². The van der Waals surface area contributed by atoms with Crippen LogP contribution in [0.15, 0.2) is 23.4 Å². The van der Waals surface area contributed by atoms with Gasteiger partial charge in [-0.15, -0.1) is 4.91 Å². The van der Waals surface area contributed by atoms with Gasteiger partial charge in [-0.1, -0.05) is 0 Å². The molecule has 1 aromatic rings. The van der Waals surface area contributed by atoms with E-state index in [0.717, 1.165) is 0 Å². The smallest absolute Gasteiger partial charge is 0.162 e. The number of ketones is 1. The molecule has 0 aliphatic rings. The summed E-state index contributed by atoms with van der Waals surface area (Å²) in [5.41, 5.74) is 0.433. The summed E-state index contributed by atoms with van der Waals surface area (Å²) >= 11 is 0. The molecule has 1 rings (SSSR count). The number of nitroso groups, excluding NO2 is 1. The number of Topliss-reactive ketones (excluding diaryl/α,β-unsaturated/α-hetero) is 1. The molecule has 0 unspecified atom stereocenters. The minimum Gasteiger partial charge on any atom is -0.497 e. The highest BCUT2D eigenvalue weighted by Gasteiger charge is 2.08. The lowest BCUT2D eigenvalue weighted by Crippen LogP contribution is -1.93. The molecule has 0 aromatic heterocycles. The molecule has 0 spiro atoms. The highest BCUT2D eigenvalue weighted by Crippen LogP contribution is 2.24. The number of hydrogen-bond acceptors (Lipinski definition) is 4. The lowest BCUT2D eigenvalue weighted by Gasteiger charge is -2.02. The predicted octanol–water partition coefficient (Wildman–Crippen LogP) is 2.30. The van der Waals surface area contributed by atoms with Gasteiger partial charge in [-0.2, -0.15) is 0 Å². The normalized spacial score (nSPS) is 9.38. The fraction of sp³-hybridized carbons (Fsp3) is 0.222. The molecule has 0 saturated heterocycles. The number of ether oxygens (including phenoxy) is 1. The van der Waals surface area contributed by atoms with Gasteiger partial charge in [-0.3, -0.25) is 4.79 Å². The lowest BCUT2D eigenvalue weighted by atomic mass is 10.1. The monoisotopic (exact) mass is 179 g/mol. The highest BCUT2D eigenvalue weighted by atomic mass is 16.5. The second kappa shape index (κ2) is 3.80. The van der Waals surface area contributed by atoms with E-state index in [4.69, 9.17) is 4.74 Å². The van der Waals surface area contributed by atoms with Crippen LogP contribution in [0.2, 0.25) is 0 Å². The molecule has 0 saturated carbocycles. The molecule has 0 bridgehead atoms. The van der Waals surface area contributed by atoms with Crippen molar-refractivity contribution in [3.63, 3.8) is 0 Å². The Morgan fingerprint density at radius 1 is 1.46 bits per heavy atom. The molecule has 0 radical (unpaired) electrons. The van der Waals surface area contributed by atoms with Crippen LogP contribution in [0.1, 0.15) is 17.3 Å². The van der Waals surface area contributed by atoms with Crippen molar-refractivity contribution >= 4 is 11.5 Å². The molecule has 0 aliphatic heterocycles. The quantitative estimate of drug-likeness (QED) is 0.528. The highest BCUT2D eigenvalue weighted by molar-refractivity contribution is 5.99. The Bertz CT molecular complexity index is 347. The van der Waals surface area contributed by atoms with E-state index < -0.39 is 0 Å². The van der Waals surface area contributed by atoms with Gasteiger partial charge >= 0.3 is 0 Å². The van der Waals surface area contributed by atoms with E-state index in [1.807, 2.05) is 0 Å². The first-order chi connectivity index (χ1) is 6.19. The molecule has 0 amide bonds. The molecular formula is C9H9NO3. The number of nitrogens with zero attached hydrogens (tertiary/aromatic N) is 1. The van der Waals surface area contributed by atoms with Crippen LogP contribution in [0, 0.1) is 4.91 Å². The number of methoxy groups -OCH3 is 1. The van der Waals surface area contributed by atoms with Crippen LogP contribution in [-0.2, 0) is 0 Å². The largest absolute Gasteiger partial charge is 0.497 e. The molecule has 0 N–H and O–H groups in total. The maximum Gasteiger partial charge on any atom is 0.162 e. The fourth-order valence-corrected chi connectivity index (χ4v) is 1.00. The predicted molar refractivity (Wildman–Crippen MR) is 48.5 cm³/mol. The lowest BCUT2D eigenvalue weighted by molar-refractivity contribution is 0.101. The van der Waals surface area contributed by atoms with E-state index in [9.17, 15) is 9.70 Å². The molecular weight excluding hydrogens is 170 g/mol. The molecule has 0 atom stereocenters. The van der Waals surface area contributed by atoms with Gasteiger partial charge in [0.05, 0.1) is 12.7 Å². The van der Waals surface area contributed by atoms with Crippen molar-refractivity contribution in [1.29, 1.82) is 0 Å². The maximum atomic E-state index is 11.0. The third kappa shape index (κ3) is 1.90. The zero-order valence-corrected chi connectivity index (χ0v) is 7.40. The summed E-state index contributed by atoms with van der Waals surface area (Å²) in [5.74, 6) is 0.339. The molecule has 0 aliphatic carbocycles. The Balaban J connectivity index is 3.25. The number of rotatable bonds is 3. The van der Waals surface area contributed by atoms with Crippen LogP contribution in [-0.4, -0.2) is 12.9 Å². The van der Waals surface area contributed by atoms with Crippen molar-refractivity contribution in [3.8, 4) is 5.75 Å². The van der Waals surface area contributed by atoms with E-state index >= 15 is 0 Å². The van der Waals surface area contributed by atoms with E-state index in [1.165, 1.54) is 26.2 Å². The van der Waals surface area contributed by atoms with Gasteiger partial charge in [-0.05, 0) is 30.3 Å². The van der Waals surface area contributed by atoms with Gasteiger partial charge in [0.2, 0.25) is 0 Å².